The van der Waals surface area contributed by atoms with Gasteiger partial charge in [0.25, 0.3) is 0 Å². The fourth-order valence-electron chi connectivity index (χ4n) is 1.25. The maximum absolute atomic E-state index is 12.2. The fraction of sp³-hybridized carbons (Fsp3) is 0.364. The molecule has 0 aliphatic carbocycles. The van der Waals surface area contributed by atoms with Gasteiger partial charge < -0.3 is 4.74 Å². The smallest absolute Gasteiger partial charge is 0.377 e. The summed E-state index contributed by atoms with van der Waals surface area (Å²) in [6.07, 6.45) is -4.25. The second-order valence-corrected chi connectivity index (χ2v) is 3.34. The van der Waals surface area contributed by atoms with E-state index in [0.29, 0.717) is 5.56 Å². The largest absolute Gasteiger partial charge is 0.416 e. The molecule has 0 bridgehead atoms. The Balaban J connectivity index is 2.69. The standard InChI is InChI=1S/C11H11F3O2/c1-16-7-10(15)6-8-2-4-9(5-3-8)11(12,13)14/h2-5H,6-7H2,1H3. The highest BCUT2D eigenvalue weighted by Crippen LogP contribution is 2.29. The van der Waals surface area contributed by atoms with Gasteiger partial charge >= 0.3 is 6.18 Å². The fourth-order valence-corrected chi connectivity index (χ4v) is 1.25. The molecule has 0 aliphatic heterocycles. The number of Topliss-reactive ketones (excluding diaryl/α,β-unsaturated/α-hetero) is 1. The molecular formula is C11H11F3O2. The topological polar surface area (TPSA) is 26.3 Å². The van der Waals surface area contributed by atoms with E-state index in [4.69, 9.17) is 0 Å². The summed E-state index contributed by atoms with van der Waals surface area (Å²) in [6.45, 7) is -0.0268. The van der Waals surface area contributed by atoms with Crippen LogP contribution in [-0.2, 0) is 22.1 Å². The molecule has 88 valence electrons. The molecule has 0 heterocycles. The van der Waals surface area contributed by atoms with Crippen LogP contribution in [0.15, 0.2) is 24.3 Å². The number of ketones is 1. The minimum absolute atomic E-state index is 0.0268. The van der Waals surface area contributed by atoms with Gasteiger partial charge in [-0.15, -0.1) is 0 Å². The van der Waals surface area contributed by atoms with Crippen molar-refractivity contribution in [1.29, 1.82) is 0 Å². The van der Waals surface area contributed by atoms with E-state index in [1.54, 1.807) is 0 Å². The summed E-state index contributed by atoms with van der Waals surface area (Å²) in [7, 11) is 1.39. The summed E-state index contributed by atoms with van der Waals surface area (Å²) in [6, 6.07) is 4.54. The summed E-state index contributed by atoms with van der Waals surface area (Å²) in [5, 5.41) is 0. The molecule has 0 aliphatic rings. The lowest BCUT2D eigenvalue weighted by Crippen LogP contribution is -2.10. The molecule has 0 atom stereocenters. The van der Waals surface area contributed by atoms with Gasteiger partial charge in [0.1, 0.15) is 6.61 Å². The molecule has 0 radical (unpaired) electrons. The van der Waals surface area contributed by atoms with Gasteiger partial charge in [-0.25, -0.2) is 0 Å². The number of rotatable bonds is 4. The lowest BCUT2D eigenvalue weighted by atomic mass is 10.1. The average molecular weight is 232 g/mol. The van der Waals surface area contributed by atoms with E-state index in [9.17, 15) is 18.0 Å². The Labute approximate surface area is 91.0 Å². The molecule has 5 heteroatoms. The van der Waals surface area contributed by atoms with Gasteiger partial charge in [0.05, 0.1) is 5.56 Å². The Bertz CT molecular complexity index is 354. The average Bonchev–Trinajstić information content (AvgIpc) is 2.17. The molecule has 16 heavy (non-hydrogen) atoms. The highest BCUT2D eigenvalue weighted by atomic mass is 19.4. The first-order valence-electron chi connectivity index (χ1n) is 4.60. The van der Waals surface area contributed by atoms with Gasteiger partial charge in [0.2, 0.25) is 0 Å². The number of carbonyl (C=O) groups is 1. The molecule has 0 saturated carbocycles. The highest BCUT2D eigenvalue weighted by Gasteiger charge is 2.29. The molecule has 0 N–H and O–H groups in total. The van der Waals surface area contributed by atoms with Crippen LogP contribution in [0.5, 0.6) is 0 Å². The van der Waals surface area contributed by atoms with Crippen molar-refractivity contribution < 1.29 is 22.7 Å². The predicted octanol–water partition coefficient (Wildman–Crippen LogP) is 2.46. The zero-order valence-electron chi connectivity index (χ0n) is 8.67. The lowest BCUT2D eigenvalue weighted by Gasteiger charge is -2.07. The molecule has 1 rings (SSSR count). The van der Waals surface area contributed by atoms with Crippen molar-refractivity contribution in [3.05, 3.63) is 35.4 Å². The van der Waals surface area contributed by atoms with Crippen molar-refractivity contribution in [2.75, 3.05) is 13.7 Å². The summed E-state index contributed by atoms with van der Waals surface area (Å²) in [4.78, 5) is 11.1. The Hall–Kier alpha value is -1.36. The quantitative estimate of drug-likeness (QED) is 0.797. The molecule has 0 unspecified atom stereocenters. The van der Waals surface area contributed by atoms with Crippen molar-refractivity contribution >= 4 is 5.78 Å². The lowest BCUT2D eigenvalue weighted by molar-refractivity contribution is -0.137. The van der Waals surface area contributed by atoms with Crippen LogP contribution >= 0.6 is 0 Å². The summed E-state index contributed by atoms with van der Waals surface area (Å²) >= 11 is 0. The Kier molecular flexibility index (Phi) is 4.06. The molecule has 0 aromatic heterocycles. The van der Waals surface area contributed by atoms with Crippen molar-refractivity contribution in [2.24, 2.45) is 0 Å². The van der Waals surface area contributed by atoms with Crippen LogP contribution in [0.1, 0.15) is 11.1 Å². The van der Waals surface area contributed by atoms with Gasteiger partial charge in [-0.05, 0) is 17.7 Å². The minimum Gasteiger partial charge on any atom is -0.377 e. The van der Waals surface area contributed by atoms with Crippen LogP contribution in [0.3, 0.4) is 0 Å². The van der Waals surface area contributed by atoms with Crippen molar-refractivity contribution in [3.63, 3.8) is 0 Å². The maximum Gasteiger partial charge on any atom is 0.416 e. The van der Waals surface area contributed by atoms with Gasteiger partial charge in [0.15, 0.2) is 5.78 Å². The number of methoxy groups -OCH3 is 1. The monoisotopic (exact) mass is 232 g/mol. The Morgan fingerprint density at radius 2 is 1.81 bits per heavy atom. The molecule has 1 aromatic rings. The first-order valence-corrected chi connectivity index (χ1v) is 4.60. The third-order valence-electron chi connectivity index (χ3n) is 1.99. The molecular weight excluding hydrogens is 221 g/mol. The Morgan fingerprint density at radius 3 is 2.25 bits per heavy atom. The molecule has 2 nitrogen and oxygen atoms in total. The summed E-state index contributed by atoms with van der Waals surface area (Å²) in [5.74, 6) is -0.165. The first-order chi connectivity index (χ1) is 7.43. The number of halogens is 3. The van der Waals surface area contributed by atoms with Crippen molar-refractivity contribution in [3.8, 4) is 0 Å². The number of benzene rings is 1. The molecule has 0 amide bonds. The number of hydrogen-bond acceptors (Lipinski definition) is 2. The highest BCUT2D eigenvalue weighted by molar-refractivity contribution is 5.82. The van der Waals surface area contributed by atoms with Crippen LogP contribution in [0.4, 0.5) is 13.2 Å². The van der Waals surface area contributed by atoms with Crippen LogP contribution in [0.2, 0.25) is 0 Å². The van der Waals surface area contributed by atoms with Gasteiger partial charge in [-0.1, -0.05) is 12.1 Å². The van der Waals surface area contributed by atoms with Gasteiger partial charge in [-0.3, -0.25) is 4.79 Å². The van der Waals surface area contributed by atoms with E-state index in [1.165, 1.54) is 19.2 Å². The molecule has 0 spiro atoms. The molecule has 0 fully saturated rings. The first kappa shape index (κ1) is 12.7. The van der Waals surface area contributed by atoms with E-state index in [2.05, 4.69) is 4.74 Å². The van der Waals surface area contributed by atoms with Gasteiger partial charge in [-0.2, -0.15) is 13.2 Å². The number of ether oxygens (including phenoxy) is 1. The van der Waals surface area contributed by atoms with Crippen molar-refractivity contribution in [1.82, 2.24) is 0 Å². The van der Waals surface area contributed by atoms with Crippen molar-refractivity contribution in [2.45, 2.75) is 12.6 Å². The second-order valence-electron chi connectivity index (χ2n) is 3.34. The summed E-state index contributed by atoms with van der Waals surface area (Å²) in [5.41, 5.74) is -0.162. The van der Waals surface area contributed by atoms with E-state index in [0.717, 1.165) is 12.1 Å². The Morgan fingerprint density at radius 1 is 1.25 bits per heavy atom. The number of hydrogen-bond donors (Lipinski definition) is 0. The second kappa shape index (κ2) is 5.12. The normalized spacial score (nSPS) is 11.5. The third kappa shape index (κ3) is 3.66. The predicted molar refractivity (Wildman–Crippen MR) is 52.0 cm³/mol. The van der Waals surface area contributed by atoms with Crippen LogP contribution in [0, 0.1) is 0 Å². The number of carbonyl (C=O) groups excluding carboxylic acids is 1. The van der Waals surface area contributed by atoms with E-state index >= 15 is 0 Å². The van der Waals surface area contributed by atoms with E-state index in [-0.39, 0.29) is 18.8 Å². The van der Waals surface area contributed by atoms with Crippen LogP contribution in [-0.4, -0.2) is 19.5 Å². The van der Waals surface area contributed by atoms with E-state index in [1.807, 2.05) is 0 Å². The molecule has 1 aromatic carbocycles. The SMILES string of the molecule is COCC(=O)Cc1ccc(C(F)(F)F)cc1. The van der Waals surface area contributed by atoms with Gasteiger partial charge in [0, 0.05) is 13.5 Å². The van der Waals surface area contributed by atoms with E-state index < -0.39 is 11.7 Å². The zero-order valence-corrected chi connectivity index (χ0v) is 8.67. The van der Waals surface area contributed by atoms with Crippen LogP contribution < -0.4 is 0 Å². The third-order valence-corrected chi connectivity index (χ3v) is 1.99. The minimum atomic E-state index is -4.34. The maximum atomic E-state index is 12.2. The van der Waals surface area contributed by atoms with Crippen LogP contribution in [0.25, 0.3) is 0 Å². The number of alkyl halides is 3. The molecule has 0 saturated heterocycles. The zero-order chi connectivity index (χ0) is 12.2. The summed E-state index contributed by atoms with van der Waals surface area (Å²) < 4.78 is 41.3.